The maximum Gasteiger partial charge on any atom is 0.305 e. The summed E-state index contributed by atoms with van der Waals surface area (Å²) in [5.41, 5.74) is 2.63. The third-order valence-electron chi connectivity index (χ3n) is 5.79. The van der Waals surface area contributed by atoms with E-state index in [4.69, 9.17) is 19.0 Å². The molecule has 4 rings (SSSR count). The van der Waals surface area contributed by atoms with Crippen molar-refractivity contribution in [2.45, 2.75) is 39.0 Å². The molecule has 37 heavy (non-hydrogen) atoms. The third kappa shape index (κ3) is 7.31. The molecule has 0 bridgehead atoms. The Kier molecular flexibility index (Phi) is 9.13. The summed E-state index contributed by atoms with van der Waals surface area (Å²) in [4.78, 5) is 13.9. The van der Waals surface area contributed by atoms with Gasteiger partial charge in [0.2, 0.25) is 5.88 Å². The van der Waals surface area contributed by atoms with Gasteiger partial charge in [-0.3, -0.25) is 9.69 Å². The van der Waals surface area contributed by atoms with Crippen LogP contribution in [0.1, 0.15) is 31.1 Å². The molecule has 4 aromatic rings. The number of benzene rings is 2. The molecule has 0 fully saturated rings. The normalized spacial score (nSPS) is 12.0. The van der Waals surface area contributed by atoms with E-state index in [1.165, 1.54) is 0 Å². The Morgan fingerprint density at radius 3 is 2.46 bits per heavy atom. The van der Waals surface area contributed by atoms with Crippen LogP contribution in [0.5, 0.6) is 11.6 Å². The second-order valence-electron chi connectivity index (χ2n) is 8.87. The van der Waals surface area contributed by atoms with Crippen LogP contribution in [0.3, 0.4) is 0 Å². The second kappa shape index (κ2) is 12.9. The number of aliphatic hydroxyl groups is 1. The van der Waals surface area contributed by atoms with Crippen molar-refractivity contribution in [1.29, 1.82) is 0 Å². The highest BCUT2D eigenvalue weighted by molar-refractivity contribution is 5.69. The first-order valence-corrected chi connectivity index (χ1v) is 12.5. The molecule has 8 nitrogen and oxygen atoms in total. The van der Waals surface area contributed by atoms with E-state index in [0.29, 0.717) is 37.6 Å². The van der Waals surface area contributed by atoms with Gasteiger partial charge in [0.25, 0.3) is 0 Å². The Morgan fingerprint density at radius 2 is 1.78 bits per heavy atom. The second-order valence-corrected chi connectivity index (χ2v) is 8.87. The summed E-state index contributed by atoms with van der Waals surface area (Å²) < 4.78 is 18.9. The fourth-order valence-electron chi connectivity index (χ4n) is 4.10. The van der Waals surface area contributed by atoms with Crippen LogP contribution in [0.25, 0.3) is 11.3 Å². The maximum atomic E-state index is 11.8. The van der Waals surface area contributed by atoms with E-state index in [0.717, 1.165) is 22.6 Å². The zero-order chi connectivity index (χ0) is 26.0. The molecule has 0 aliphatic heterocycles. The monoisotopic (exact) mass is 503 g/mol. The molecule has 2 aromatic heterocycles. The van der Waals surface area contributed by atoms with Gasteiger partial charge in [-0.1, -0.05) is 55.5 Å². The molecule has 8 heteroatoms. The molecule has 0 amide bonds. The van der Waals surface area contributed by atoms with Crippen molar-refractivity contribution in [2.75, 3.05) is 13.2 Å². The van der Waals surface area contributed by atoms with E-state index >= 15 is 0 Å². The van der Waals surface area contributed by atoms with E-state index < -0.39 is 6.10 Å². The highest BCUT2D eigenvalue weighted by Gasteiger charge is 2.24. The molecule has 2 aromatic carbocycles. The van der Waals surface area contributed by atoms with Gasteiger partial charge in [-0.2, -0.15) is 5.10 Å². The lowest BCUT2D eigenvalue weighted by molar-refractivity contribution is -0.147. The van der Waals surface area contributed by atoms with Gasteiger partial charge in [-0.25, -0.2) is 4.68 Å². The highest BCUT2D eigenvalue weighted by Crippen LogP contribution is 2.34. The highest BCUT2D eigenvalue weighted by atomic mass is 16.5. The molecule has 0 radical (unpaired) electrons. The lowest BCUT2D eigenvalue weighted by Gasteiger charge is -2.24. The van der Waals surface area contributed by atoms with Gasteiger partial charge < -0.3 is 19.0 Å². The summed E-state index contributed by atoms with van der Waals surface area (Å²) in [6.45, 7) is 2.96. The molecule has 2 heterocycles. The first-order chi connectivity index (χ1) is 18.0. The number of aromatic nitrogens is 2. The van der Waals surface area contributed by atoms with Crippen LogP contribution < -0.4 is 4.74 Å². The predicted octanol–water partition coefficient (Wildman–Crippen LogP) is 5.18. The van der Waals surface area contributed by atoms with Gasteiger partial charge in [0, 0.05) is 32.1 Å². The van der Waals surface area contributed by atoms with Crippen molar-refractivity contribution in [3.8, 4) is 22.9 Å². The number of carbonyl (C=O) groups is 1. The van der Waals surface area contributed by atoms with E-state index in [9.17, 15) is 9.90 Å². The average molecular weight is 504 g/mol. The van der Waals surface area contributed by atoms with Crippen LogP contribution >= 0.6 is 0 Å². The summed E-state index contributed by atoms with van der Waals surface area (Å²) in [6.07, 6.45) is 1.79. The van der Waals surface area contributed by atoms with Gasteiger partial charge in [-0.05, 0) is 30.7 Å². The molecule has 0 spiro atoms. The number of aryl methyl sites for hydroxylation is 1. The minimum Gasteiger partial charge on any atom is -0.468 e. The van der Waals surface area contributed by atoms with E-state index in [-0.39, 0.29) is 19.1 Å². The Hall–Kier alpha value is -3.88. The number of hydrogen-bond donors (Lipinski definition) is 1. The minimum atomic E-state index is -0.869. The quantitative estimate of drug-likeness (QED) is 0.252. The predicted molar refractivity (Wildman–Crippen MR) is 140 cm³/mol. The lowest BCUT2D eigenvalue weighted by atomic mass is 10.1. The molecular weight excluding hydrogens is 470 g/mol. The number of para-hydroxylation sites is 1. The van der Waals surface area contributed by atoms with Gasteiger partial charge in [-0.15, -0.1) is 0 Å². The largest absolute Gasteiger partial charge is 0.468 e. The van der Waals surface area contributed by atoms with Crippen LogP contribution in [0.15, 0.2) is 83.5 Å². The summed E-state index contributed by atoms with van der Waals surface area (Å²) in [6, 6.07) is 23.2. The number of carbonyl (C=O) groups excluding carboxylic acids is 1. The van der Waals surface area contributed by atoms with Gasteiger partial charge >= 0.3 is 5.97 Å². The lowest BCUT2D eigenvalue weighted by Crippen LogP contribution is -2.35. The number of rotatable bonds is 13. The summed E-state index contributed by atoms with van der Waals surface area (Å²) in [5.74, 6) is 1.76. The molecule has 0 saturated carbocycles. The molecule has 0 aliphatic rings. The number of esters is 1. The molecule has 1 N–H and O–H groups in total. The molecule has 1 atom stereocenters. The van der Waals surface area contributed by atoms with Crippen LogP contribution in [0, 0.1) is 0 Å². The van der Waals surface area contributed by atoms with Gasteiger partial charge in [0.15, 0.2) is 0 Å². The van der Waals surface area contributed by atoms with Crippen LogP contribution in [-0.4, -0.2) is 45.0 Å². The third-order valence-corrected chi connectivity index (χ3v) is 5.79. The van der Waals surface area contributed by atoms with Crippen molar-refractivity contribution in [1.82, 2.24) is 14.7 Å². The summed E-state index contributed by atoms with van der Waals surface area (Å²) in [5, 5.41) is 15.5. The van der Waals surface area contributed by atoms with E-state index in [2.05, 4.69) is 0 Å². The van der Waals surface area contributed by atoms with Crippen LogP contribution in [0.4, 0.5) is 0 Å². The van der Waals surface area contributed by atoms with Crippen LogP contribution in [0.2, 0.25) is 0 Å². The molecule has 0 aliphatic carbocycles. The fraction of sp³-hybridized carbons (Fsp3) is 0.310. The Balaban J connectivity index is 1.63. The number of ether oxygens (including phenoxy) is 2. The summed E-state index contributed by atoms with van der Waals surface area (Å²) >= 11 is 0. The molecule has 194 valence electrons. The van der Waals surface area contributed by atoms with Gasteiger partial charge in [0.05, 0.1) is 18.4 Å². The Labute approximate surface area is 217 Å². The first kappa shape index (κ1) is 26.2. The van der Waals surface area contributed by atoms with Crippen molar-refractivity contribution in [2.24, 2.45) is 7.05 Å². The zero-order valence-electron chi connectivity index (χ0n) is 21.2. The summed E-state index contributed by atoms with van der Waals surface area (Å²) in [7, 11) is 1.85. The van der Waals surface area contributed by atoms with E-state index in [1.54, 1.807) is 10.9 Å². The fourth-order valence-corrected chi connectivity index (χ4v) is 4.10. The van der Waals surface area contributed by atoms with Crippen LogP contribution in [-0.2, 0) is 29.7 Å². The molecule has 0 saturated heterocycles. The molecule has 0 unspecified atom stereocenters. The first-order valence-electron chi connectivity index (χ1n) is 12.5. The zero-order valence-corrected chi connectivity index (χ0v) is 21.2. The standard InChI is InChI=1S/C29H33N3O5/c1-3-11-27(34)36-21-23(33)18-32(19-25-16-10-17-35-25)20-26-28(22-12-6-4-7-13-22)30-31(2)29(26)37-24-14-8-5-9-15-24/h4-10,12-17,23,33H,3,11,18-21H2,1-2H3/t23-/m0/s1. The molecular formula is C29H33N3O5. The Morgan fingerprint density at radius 1 is 1.05 bits per heavy atom. The van der Waals surface area contributed by atoms with Crippen molar-refractivity contribution < 1.29 is 23.8 Å². The Bertz CT molecular complexity index is 1240. The minimum absolute atomic E-state index is 0.0700. The number of hydrogen-bond acceptors (Lipinski definition) is 7. The number of nitrogens with zero attached hydrogens (tertiary/aromatic N) is 3. The van der Waals surface area contributed by atoms with Gasteiger partial charge in [0.1, 0.15) is 29.9 Å². The number of furan rings is 1. The average Bonchev–Trinajstić information content (AvgIpc) is 3.52. The number of aliphatic hydroxyl groups excluding tert-OH is 1. The van der Waals surface area contributed by atoms with E-state index in [1.807, 2.05) is 91.7 Å². The maximum absolute atomic E-state index is 11.8. The van der Waals surface area contributed by atoms with Crippen molar-refractivity contribution in [3.05, 3.63) is 90.4 Å². The topological polar surface area (TPSA) is 90.0 Å². The van der Waals surface area contributed by atoms with Crippen molar-refractivity contribution >= 4 is 5.97 Å². The SMILES string of the molecule is CCCC(=O)OC[C@@H](O)CN(Cc1ccco1)Cc1c(-c2ccccc2)nn(C)c1Oc1ccccc1. The smallest absolute Gasteiger partial charge is 0.305 e. The van der Waals surface area contributed by atoms with Crippen molar-refractivity contribution in [3.63, 3.8) is 0 Å².